The van der Waals surface area contributed by atoms with Gasteiger partial charge in [0.2, 0.25) is 0 Å². The first-order chi connectivity index (χ1) is 22.1. The molecule has 6 aromatic carbocycles. The normalized spacial score (nSPS) is 16.2. The highest BCUT2D eigenvalue weighted by Crippen LogP contribution is 2.51. The molecule has 4 nitrogen and oxygen atoms in total. The van der Waals surface area contributed by atoms with Crippen molar-refractivity contribution < 1.29 is 0 Å². The van der Waals surface area contributed by atoms with Crippen molar-refractivity contribution in [1.82, 2.24) is 4.57 Å². The van der Waals surface area contributed by atoms with Crippen LogP contribution in [0.4, 0.5) is 0 Å². The molecule has 1 unspecified atom stereocenters. The van der Waals surface area contributed by atoms with E-state index in [-0.39, 0.29) is 11.6 Å². The third kappa shape index (κ3) is 3.95. The highest BCUT2D eigenvalue weighted by molar-refractivity contribution is 6.13. The number of rotatable bonds is 4. The highest BCUT2D eigenvalue weighted by atomic mass is 15.3. The van der Waals surface area contributed by atoms with Crippen LogP contribution in [0.3, 0.4) is 0 Å². The van der Waals surface area contributed by atoms with E-state index >= 15 is 0 Å². The van der Waals surface area contributed by atoms with Crippen molar-refractivity contribution in [3.63, 3.8) is 0 Å². The second kappa shape index (κ2) is 9.70. The van der Waals surface area contributed by atoms with Crippen molar-refractivity contribution in [3.8, 4) is 27.9 Å². The largest absolute Gasteiger partial charge is 0.309 e. The van der Waals surface area contributed by atoms with Gasteiger partial charge in [-0.1, -0.05) is 117 Å². The lowest BCUT2D eigenvalue weighted by molar-refractivity contribution is 0.661. The Morgan fingerprint density at radius 1 is 0.556 bits per heavy atom. The molecule has 7 aromatic rings. The number of hydrogen-bond acceptors (Lipinski definition) is 3. The third-order valence-electron chi connectivity index (χ3n) is 9.54. The van der Waals surface area contributed by atoms with E-state index in [0.29, 0.717) is 5.84 Å². The quantitative estimate of drug-likeness (QED) is 0.199. The van der Waals surface area contributed by atoms with Crippen LogP contribution in [-0.2, 0) is 5.41 Å². The number of nitrogens with zero attached hydrogens (tertiary/aromatic N) is 4. The van der Waals surface area contributed by atoms with Crippen molar-refractivity contribution in [1.29, 1.82) is 0 Å². The van der Waals surface area contributed by atoms with Gasteiger partial charge in [-0.2, -0.15) is 5.11 Å². The minimum Gasteiger partial charge on any atom is -0.309 e. The molecule has 9 rings (SSSR count). The van der Waals surface area contributed by atoms with E-state index < -0.39 is 0 Å². The van der Waals surface area contributed by atoms with Crippen LogP contribution in [0.2, 0.25) is 0 Å². The fraction of sp³-hybridized carbons (Fsp3) is 0.0976. The number of fused-ring (bicyclic) bond motifs is 6. The van der Waals surface area contributed by atoms with Crippen LogP contribution in [0.15, 0.2) is 155 Å². The van der Waals surface area contributed by atoms with Crippen LogP contribution < -0.4 is 0 Å². The van der Waals surface area contributed by atoms with Crippen LogP contribution in [0.1, 0.15) is 42.3 Å². The Morgan fingerprint density at radius 3 is 2.13 bits per heavy atom. The van der Waals surface area contributed by atoms with Gasteiger partial charge in [-0.3, -0.25) is 0 Å². The molecule has 0 saturated heterocycles. The molecule has 0 radical (unpaired) electrons. The summed E-state index contributed by atoms with van der Waals surface area (Å²) in [6, 6.07) is 49.9. The molecule has 2 aliphatic rings. The molecule has 4 heteroatoms. The minimum atomic E-state index is -0.305. The fourth-order valence-corrected chi connectivity index (χ4v) is 7.26. The van der Waals surface area contributed by atoms with Crippen molar-refractivity contribution in [2.24, 2.45) is 15.2 Å². The molecule has 0 spiro atoms. The van der Waals surface area contributed by atoms with Crippen LogP contribution >= 0.6 is 0 Å². The first kappa shape index (κ1) is 25.8. The molecule has 0 bridgehead atoms. The molecule has 1 aliphatic carbocycles. The number of aromatic nitrogens is 1. The van der Waals surface area contributed by atoms with Crippen LogP contribution in [0, 0.1) is 0 Å². The molecular weight excluding hydrogens is 548 g/mol. The van der Waals surface area contributed by atoms with Crippen molar-refractivity contribution >= 4 is 27.6 Å². The monoisotopic (exact) mass is 578 g/mol. The predicted molar refractivity (Wildman–Crippen MR) is 184 cm³/mol. The van der Waals surface area contributed by atoms with E-state index in [1.165, 1.54) is 55.2 Å². The van der Waals surface area contributed by atoms with Crippen LogP contribution in [0.25, 0.3) is 49.7 Å². The summed E-state index contributed by atoms with van der Waals surface area (Å²) >= 11 is 0. The number of benzene rings is 6. The molecule has 1 aliphatic heterocycles. The average molecular weight is 579 g/mol. The maximum absolute atomic E-state index is 4.88. The molecule has 0 saturated carbocycles. The van der Waals surface area contributed by atoms with Gasteiger partial charge in [0, 0.05) is 33.0 Å². The van der Waals surface area contributed by atoms with Gasteiger partial charge in [-0.05, 0) is 69.8 Å². The highest BCUT2D eigenvalue weighted by Gasteiger charge is 2.36. The van der Waals surface area contributed by atoms with Gasteiger partial charge in [0.15, 0.2) is 12.0 Å². The smallest absolute Gasteiger partial charge is 0.188 e. The molecule has 45 heavy (non-hydrogen) atoms. The van der Waals surface area contributed by atoms with E-state index in [1.807, 2.05) is 30.3 Å². The second-order valence-corrected chi connectivity index (χ2v) is 12.5. The molecule has 0 N–H and O–H groups in total. The summed E-state index contributed by atoms with van der Waals surface area (Å²) < 4.78 is 2.41. The van der Waals surface area contributed by atoms with Gasteiger partial charge < -0.3 is 4.57 Å². The third-order valence-corrected chi connectivity index (χ3v) is 9.54. The first-order valence-corrected chi connectivity index (χ1v) is 15.5. The van der Waals surface area contributed by atoms with E-state index in [9.17, 15) is 0 Å². The molecular formula is C41H30N4. The van der Waals surface area contributed by atoms with Crippen molar-refractivity contribution in [3.05, 3.63) is 162 Å². The maximum Gasteiger partial charge on any atom is 0.188 e. The molecule has 0 fully saturated rings. The fourth-order valence-electron chi connectivity index (χ4n) is 7.26. The number of hydrogen-bond donors (Lipinski definition) is 0. The summed E-state index contributed by atoms with van der Waals surface area (Å²) in [6.07, 6.45) is -0.305. The van der Waals surface area contributed by atoms with Crippen molar-refractivity contribution in [2.75, 3.05) is 0 Å². The number of aliphatic imine (C=N–C) groups is 1. The lowest BCUT2D eigenvalue weighted by atomic mass is 9.82. The van der Waals surface area contributed by atoms with Gasteiger partial charge in [0.1, 0.15) is 0 Å². The Hall–Kier alpha value is -5.61. The van der Waals surface area contributed by atoms with E-state index in [4.69, 9.17) is 4.99 Å². The molecule has 214 valence electrons. The molecule has 0 amide bonds. The zero-order valence-electron chi connectivity index (χ0n) is 25.1. The maximum atomic E-state index is 4.88. The SMILES string of the molecule is CC1(C)c2ccccc2-c2cc3c4cc(-c5ccccc5)ccc4n(-c4cccc(C5=NC(c6ccccc6)N=N5)c4)c3cc21. The second-order valence-electron chi connectivity index (χ2n) is 12.5. The summed E-state index contributed by atoms with van der Waals surface area (Å²) in [7, 11) is 0. The van der Waals surface area contributed by atoms with E-state index in [2.05, 4.69) is 138 Å². The van der Waals surface area contributed by atoms with Gasteiger partial charge in [0.05, 0.1) is 11.0 Å². The molecule has 1 atom stereocenters. The molecule has 1 aromatic heterocycles. The lowest BCUT2D eigenvalue weighted by Crippen LogP contribution is -2.15. The predicted octanol–water partition coefficient (Wildman–Crippen LogP) is 10.7. The summed E-state index contributed by atoms with van der Waals surface area (Å²) in [5, 5.41) is 11.5. The Bertz CT molecular complexity index is 2340. The van der Waals surface area contributed by atoms with Gasteiger partial charge in [-0.15, -0.1) is 5.11 Å². The first-order valence-electron chi connectivity index (χ1n) is 15.5. The van der Waals surface area contributed by atoms with Gasteiger partial charge in [0.25, 0.3) is 0 Å². The van der Waals surface area contributed by atoms with Crippen LogP contribution in [0.5, 0.6) is 0 Å². The summed E-state index contributed by atoms with van der Waals surface area (Å²) in [5.74, 6) is 0.662. The Labute approximate surface area is 262 Å². The number of amidine groups is 1. The zero-order valence-corrected chi connectivity index (χ0v) is 25.1. The van der Waals surface area contributed by atoms with E-state index in [1.54, 1.807) is 0 Å². The Morgan fingerprint density at radius 2 is 1.29 bits per heavy atom. The van der Waals surface area contributed by atoms with Crippen LogP contribution in [-0.4, -0.2) is 10.4 Å². The Balaban J connectivity index is 1.27. The Kier molecular flexibility index (Phi) is 5.57. The van der Waals surface area contributed by atoms with E-state index in [0.717, 1.165) is 16.8 Å². The number of azo groups is 1. The summed E-state index contributed by atoms with van der Waals surface area (Å²) in [5.41, 5.74) is 13.2. The molecule has 2 heterocycles. The average Bonchev–Trinajstić information content (AvgIpc) is 3.77. The van der Waals surface area contributed by atoms with Gasteiger partial charge >= 0.3 is 0 Å². The topological polar surface area (TPSA) is 42.0 Å². The lowest BCUT2D eigenvalue weighted by Gasteiger charge is -2.21. The summed E-state index contributed by atoms with van der Waals surface area (Å²) in [6.45, 7) is 4.69. The summed E-state index contributed by atoms with van der Waals surface area (Å²) in [4.78, 5) is 4.88. The standard InChI is InChI=1S/C41H30N4/c1-41(2)35-19-10-9-18-31(35)32-24-34-33-23-28(26-12-5-3-6-13-26)20-21-37(33)45(38(34)25-36(32)41)30-17-11-16-29(22-30)40-42-39(43-44-40)27-14-7-4-8-15-27/h3-25,39H,1-2H3. The van der Waals surface area contributed by atoms with Crippen molar-refractivity contribution in [2.45, 2.75) is 25.4 Å². The van der Waals surface area contributed by atoms with Gasteiger partial charge in [-0.25, -0.2) is 4.99 Å². The minimum absolute atomic E-state index is 0.0934. The zero-order chi connectivity index (χ0) is 30.1.